The number of benzene rings is 1. The lowest BCUT2D eigenvalue weighted by Crippen LogP contribution is -2.17. The molecule has 0 spiro atoms. The summed E-state index contributed by atoms with van der Waals surface area (Å²) in [5.41, 5.74) is 0.639. The Labute approximate surface area is 96.3 Å². The van der Waals surface area contributed by atoms with Gasteiger partial charge in [0, 0.05) is 0 Å². The van der Waals surface area contributed by atoms with Crippen molar-refractivity contribution in [2.75, 3.05) is 0 Å². The molecule has 1 atom stereocenters. The third-order valence-corrected chi connectivity index (χ3v) is 4.29. The van der Waals surface area contributed by atoms with E-state index in [1.807, 2.05) is 6.07 Å². The first kappa shape index (κ1) is 13.1. The predicted molar refractivity (Wildman–Crippen MR) is 61.5 cm³/mol. The first-order valence-corrected chi connectivity index (χ1v) is 5.75. The maximum atomic E-state index is 10.9. The molecule has 0 aliphatic rings. The molecule has 6 heteroatoms. The average Bonchev–Trinajstić information content (AvgIpc) is 2.03. The van der Waals surface area contributed by atoms with Crippen molar-refractivity contribution in [2.45, 2.75) is 4.16 Å². The van der Waals surface area contributed by atoms with Crippen LogP contribution in [0.25, 0.3) is 0 Å². The van der Waals surface area contributed by atoms with Crippen molar-refractivity contribution in [1.82, 2.24) is 0 Å². The summed E-state index contributed by atoms with van der Waals surface area (Å²) in [5.74, 6) is 0. The van der Waals surface area contributed by atoms with Gasteiger partial charge in [-0.25, -0.2) is 13.6 Å². The molecule has 0 aliphatic heterocycles. The van der Waals surface area contributed by atoms with Crippen LogP contribution < -0.4 is 5.14 Å². The molecule has 0 saturated heterocycles. The molecule has 0 saturated carbocycles. The van der Waals surface area contributed by atoms with E-state index in [2.05, 4.69) is 15.9 Å². The van der Waals surface area contributed by atoms with Crippen LogP contribution >= 0.6 is 32.9 Å². The number of nitrogens with two attached hydrogens (primary N) is 1. The van der Waals surface area contributed by atoms with Crippen LogP contribution in [0.15, 0.2) is 30.3 Å². The fourth-order valence-corrected chi connectivity index (χ4v) is 1.64. The van der Waals surface area contributed by atoms with Gasteiger partial charge in [0.2, 0.25) is 10.0 Å². The lowest BCUT2D eigenvalue weighted by atomic mass is 10.2. The second-order valence-corrected chi connectivity index (χ2v) is 5.49. The molecule has 13 heavy (non-hydrogen) atoms. The molecule has 0 fully saturated rings. The Morgan fingerprint density at radius 3 is 2.08 bits per heavy atom. The van der Waals surface area contributed by atoms with Gasteiger partial charge in [-0.1, -0.05) is 46.3 Å². The fourth-order valence-electron chi connectivity index (χ4n) is 0.794. The van der Waals surface area contributed by atoms with E-state index in [0.29, 0.717) is 5.56 Å². The number of rotatable bonds is 2. The van der Waals surface area contributed by atoms with Crippen LogP contribution in [0.5, 0.6) is 0 Å². The van der Waals surface area contributed by atoms with Crippen LogP contribution in [0.1, 0.15) is 9.72 Å². The fraction of sp³-hybridized carbons (Fsp3) is 0.143. The minimum absolute atomic E-state index is 0. The lowest BCUT2D eigenvalue weighted by molar-refractivity contribution is 0.596. The van der Waals surface area contributed by atoms with E-state index in [-0.39, 0.29) is 17.0 Å². The van der Waals surface area contributed by atoms with Crippen LogP contribution in [0, 0.1) is 0 Å². The van der Waals surface area contributed by atoms with Gasteiger partial charge in [-0.3, -0.25) is 0 Å². The van der Waals surface area contributed by atoms with E-state index in [9.17, 15) is 8.42 Å². The summed E-state index contributed by atoms with van der Waals surface area (Å²) in [4.78, 5) is 0. The van der Waals surface area contributed by atoms with Crippen molar-refractivity contribution in [2.24, 2.45) is 5.14 Å². The van der Waals surface area contributed by atoms with E-state index in [1.165, 1.54) is 0 Å². The Morgan fingerprint density at radius 1 is 1.23 bits per heavy atom. The van der Waals surface area contributed by atoms with Gasteiger partial charge in [0.1, 0.15) is 0 Å². The first-order valence-electron chi connectivity index (χ1n) is 3.22. The molecular formula is C7H9Br2NO2S. The number of sulfonamides is 1. The molecule has 2 N–H and O–H groups in total. The molecule has 1 rings (SSSR count). The number of hydrogen-bond acceptors (Lipinski definition) is 2. The van der Waals surface area contributed by atoms with E-state index < -0.39 is 14.2 Å². The largest absolute Gasteiger partial charge is 0.227 e. The smallest absolute Gasteiger partial charge is 0.226 e. The average molecular weight is 331 g/mol. The molecule has 0 bridgehead atoms. The molecule has 0 heterocycles. The van der Waals surface area contributed by atoms with E-state index in [1.54, 1.807) is 24.3 Å². The van der Waals surface area contributed by atoms with Crippen molar-refractivity contribution in [3.8, 4) is 0 Å². The monoisotopic (exact) mass is 329 g/mol. The Bertz CT molecular complexity index is 352. The minimum atomic E-state index is -3.54. The molecular weight excluding hydrogens is 322 g/mol. The first-order chi connectivity index (χ1) is 5.52. The number of primary sulfonamides is 1. The van der Waals surface area contributed by atoms with Gasteiger partial charge in [-0.2, -0.15) is 0 Å². The van der Waals surface area contributed by atoms with Gasteiger partial charge in [0.05, 0.1) is 0 Å². The van der Waals surface area contributed by atoms with Crippen molar-refractivity contribution in [3.05, 3.63) is 35.9 Å². The van der Waals surface area contributed by atoms with Crippen molar-refractivity contribution >= 4 is 42.9 Å². The molecule has 74 valence electrons. The Morgan fingerprint density at radius 2 is 1.69 bits per heavy atom. The highest BCUT2D eigenvalue weighted by molar-refractivity contribution is 9.10. The third-order valence-electron chi connectivity index (χ3n) is 1.35. The summed E-state index contributed by atoms with van der Waals surface area (Å²) in [6.07, 6.45) is 0. The number of halogens is 2. The van der Waals surface area contributed by atoms with Gasteiger partial charge in [-0.15, -0.1) is 17.0 Å². The summed E-state index contributed by atoms with van der Waals surface area (Å²) < 4.78 is 20.9. The second-order valence-electron chi connectivity index (χ2n) is 2.32. The van der Waals surface area contributed by atoms with Crippen LogP contribution in [-0.4, -0.2) is 8.42 Å². The zero-order valence-electron chi connectivity index (χ0n) is 6.55. The lowest BCUT2D eigenvalue weighted by Gasteiger charge is -2.06. The van der Waals surface area contributed by atoms with Gasteiger partial charge in [0.15, 0.2) is 4.16 Å². The van der Waals surface area contributed by atoms with E-state index in [0.717, 1.165) is 0 Å². The second kappa shape index (κ2) is 5.09. The summed E-state index contributed by atoms with van der Waals surface area (Å²) in [6, 6.07) is 8.73. The van der Waals surface area contributed by atoms with Crippen molar-refractivity contribution in [3.63, 3.8) is 0 Å². The van der Waals surface area contributed by atoms with Crippen LogP contribution in [0.3, 0.4) is 0 Å². The summed E-state index contributed by atoms with van der Waals surface area (Å²) in [5, 5.41) is 4.94. The van der Waals surface area contributed by atoms with Gasteiger partial charge in [-0.05, 0) is 5.56 Å². The molecule has 0 aliphatic carbocycles. The summed E-state index contributed by atoms with van der Waals surface area (Å²) in [7, 11) is -3.54. The third kappa shape index (κ3) is 3.76. The minimum Gasteiger partial charge on any atom is -0.227 e. The topological polar surface area (TPSA) is 60.2 Å². The normalized spacial score (nSPS) is 13.1. The number of hydrogen-bond donors (Lipinski definition) is 1. The standard InChI is InChI=1S/C7H8BrNO2S.BrH/c8-7(12(9,10)11)6-4-2-1-3-5-6;/h1-5,7H,(H2,9,10,11);1H. The highest BCUT2D eigenvalue weighted by Gasteiger charge is 2.18. The van der Waals surface area contributed by atoms with Gasteiger partial charge >= 0.3 is 0 Å². The molecule has 1 aromatic carbocycles. The maximum absolute atomic E-state index is 10.9. The van der Waals surface area contributed by atoms with E-state index >= 15 is 0 Å². The van der Waals surface area contributed by atoms with Gasteiger partial charge in [0.25, 0.3) is 0 Å². The molecule has 3 nitrogen and oxygen atoms in total. The molecule has 0 radical (unpaired) electrons. The Balaban J connectivity index is 0.00000144. The maximum Gasteiger partial charge on any atom is 0.226 e. The quantitative estimate of drug-likeness (QED) is 0.842. The number of alkyl halides is 1. The molecule has 0 aromatic heterocycles. The highest BCUT2D eigenvalue weighted by atomic mass is 79.9. The summed E-state index contributed by atoms with van der Waals surface area (Å²) in [6.45, 7) is 0. The van der Waals surface area contributed by atoms with Crippen LogP contribution in [0.4, 0.5) is 0 Å². The zero-order valence-corrected chi connectivity index (χ0v) is 10.7. The van der Waals surface area contributed by atoms with Gasteiger partial charge < -0.3 is 0 Å². The molecule has 1 unspecified atom stereocenters. The molecule has 1 aromatic rings. The predicted octanol–water partition coefficient (Wildman–Crippen LogP) is 1.95. The van der Waals surface area contributed by atoms with Crippen molar-refractivity contribution in [1.29, 1.82) is 0 Å². The zero-order chi connectivity index (χ0) is 9.19. The Kier molecular flexibility index (Phi) is 5.13. The Hall–Kier alpha value is 0.0900. The van der Waals surface area contributed by atoms with Crippen molar-refractivity contribution < 1.29 is 8.42 Å². The SMILES string of the molecule is Br.NS(=O)(=O)C(Br)c1ccccc1. The molecule has 0 amide bonds. The van der Waals surface area contributed by atoms with Crippen LogP contribution in [-0.2, 0) is 10.0 Å². The highest BCUT2D eigenvalue weighted by Crippen LogP contribution is 2.25. The van der Waals surface area contributed by atoms with E-state index in [4.69, 9.17) is 5.14 Å². The summed E-state index contributed by atoms with van der Waals surface area (Å²) >= 11 is 2.99. The van der Waals surface area contributed by atoms with Crippen LogP contribution in [0.2, 0.25) is 0 Å².